The Balaban J connectivity index is 1.34. The Morgan fingerprint density at radius 3 is 2.00 bits per heavy atom. The first-order valence-corrected chi connectivity index (χ1v) is 11.4. The second-order valence-electron chi connectivity index (χ2n) is 7.04. The predicted molar refractivity (Wildman–Crippen MR) is 124 cm³/mol. The van der Waals surface area contributed by atoms with Gasteiger partial charge in [0.05, 0.1) is 19.3 Å². The van der Waals surface area contributed by atoms with Crippen LogP contribution in [0.3, 0.4) is 0 Å². The number of hydrogen-bond acceptors (Lipinski definition) is 4. The number of fused-ring (bicyclic) bond motifs is 1. The summed E-state index contributed by atoms with van der Waals surface area (Å²) in [6.07, 6.45) is 1.05. The van der Waals surface area contributed by atoms with Gasteiger partial charge in [0.25, 0.3) is 0 Å². The number of aromatic nitrogens is 2. The van der Waals surface area contributed by atoms with Crippen LogP contribution in [0.2, 0.25) is 0 Å². The molecule has 1 saturated heterocycles. The van der Waals surface area contributed by atoms with E-state index in [1.807, 2.05) is 18.2 Å². The molecule has 1 aliphatic rings. The van der Waals surface area contributed by atoms with Gasteiger partial charge in [-0.3, -0.25) is 0 Å². The Morgan fingerprint density at radius 2 is 1.38 bits per heavy atom. The second kappa shape index (κ2) is 8.14. The predicted octanol–water partition coefficient (Wildman–Crippen LogP) is 5.31. The monoisotopic (exact) mass is 401 g/mol. The fourth-order valence-corrected chi connectivity index (χ4v) is 6.32. The minimum absolute atomic E-state index is 0.482. The summed E-state index contributed by atoms with van der Waals surface area (Å²) in [4.78, 5) is 8.01. The summed E-state index contributed by atoms with van der Waals surface area (Å²) in [5, 5.41) is 3.50. The lowest BCUT2D eigenvalue weighted by atomic mass is 10.3. The number of hydrogen-bond donors (Lipinski definition) is 2. The number of H-pyrrole nitrogens is 1. The van der Waals surface area contributed by atoms with Gasteiger partial charge in [0.1, 0.15) is 0 Å². The molecule has 0 bridgehead atoms. The number of para-hydroxylation sites is 4. The molecule has 4 aromatic rings. The van der Waals surface area contributed by atoms with E-state index in [0.29, 0.717) is 0 Å². The van der Waals surface area contributed by atoms with Crippen LogP contribution in [0, 0.1) is 0 Å². The lowest BCUT2D eigenvalue weighted by Crippen LogP contribution is -2.20. The van der Waals surface area contributed by atoms with Crippen LogP contribution in [0.1, 0.15) is 0 Å². The molecule has 0 amide bonds. The maximum absolute atomic E-state index is 4.64. The summed E-state index contributed by atoms with van der Waals surface area (Å²) in [5.74, 6) is 0.845. The number of rotatable bonds is 6. The number of benzene rings is 3. The zero-order valence-corrected chi connectivity index (χ0v) is 17.1. The van der Waals surface area contributed by atoms with Gasteiger partial charge in [-0.1, -0.05) is 48.5 Å². The molecular formula is C23H24N5P. The molecule has 0 unspecified atom stereocenters. The number of nitrogens with one attached hydrogen (secondary N) is 2. The Morgan fingerprint density at radius 1 is 0.793 bits per heavy atom. The first-order chi connectivity index (χ1) is 14.4. The Labute approximate surface area is 172 Å². The van der Waals surface area contributed by atoms with E-state index < -0.39 is 8.22 Å². The fraction of sp³-hybridized carbons (Fsp3) is 0.174. The molecule has 5 nitrogen and oxygen atoms in total. The van der Waals surface area contributed by atoms with Gasteiger partial charge in [-0.2, -0.15) is 0 Å². The fourth-order valence-electron chi connectivity index (χ4n) is 3.83. The van der Waals surface area contributed by atoms with Crippen molar-refractivity contribution in [2.45, 2.75) is 0 Å². The Hall–Kier alpha value is -3.04. The van der Waals surface area contributed by atoms with E-state index in [-0.39, 0.29) is 0 Å². The third-order valence-electron chi connectivity index (χ3n) is 5.18. The average molecular weight is 401 g/mol. The van der Waals surface area contributed by atoms with Crippen LogP contribution >= 0.6 is 8.22 Å². The number of nitrogens with zero attached hydrogens (tertiary/aromatic N) is 3. The highest BCUT2D eigenvalue weighted by atomic mass is 31.1. The van der Waals surface area contributed by atoms with E-state index >= 15 is 0 Å². The largest absolute Gasteiger partial charge is 0.355 e. The van der Waals surface area contributed by atoms with Crippen LogP contribution in [0.5, 0.6) is 0 Å². The van der Waals surface area contributed by atoms with Crippen LogP contribution in [0.4, 0.5) is 17.3 Å². The van der Waals surface area contributed by atoms with Crippen LogP contribution in [-0.2, 0) is 0 Å². The maximum Gasteiger partial charge on any atom is 0.201 e. The van der Waals surface area contributed by atoms with E-state index in [1.165, 1.54) is 11.4 Å². The molecule has 1 fully saturated rings. The maximum atomic E-state index is 4.64. The van der Waals surface area contributed by atoms with Gasteiger partial charge in [-0.15, -0.1) is 0 Å². The molecule has 0 aliphatic carbocycles. The number of anilines is 3. The molecule has 0 saturated carbocycles. The van der Waals surface area contributed by atoms with Crippen molar-refractivity contribution < 1.29 is 0 Å². The molecule has 3 aromatic carbocycles. The van der Waals surface area contributed by atoms with Gasteiger partial charge in [-0.25, -0.2) is 4.98 Å². The molecule has 146 valence electrons. The van der Waals surface area contributed by atoms with Crippen LogP contribution in [0.15, 0.2) is 84.9 Å². The van der Waals surface area contributed by atoms with Gasteiger partial charge in [-0.05, 0) is 36.4 Å². The number of aromatic amines is 1. The molecule has 6 heteroatoms. The van der Waals surface area contributed by atoms with Gasteiger partial charge < -0.3 is 19.6 Å². The molecule has 5 rings (SSSR count). The van der Waals surface area contributed by atoms with Crippen molar-refractivity contribution in [3.63, 3.8) is 0 Å². The van der Waals surface area contributed by atoms with Gasteiger partial charge >= 0.3 is 0 Å². The second-order valence-corrected chi connectivity index (χ2v) is 9.20. The topological polar surface area (TPSA) is 47.2 Å². The quantitative estimate of drug-likeness (QED) is 0.430. The molecule has 2 N–H and O–H groups in total. The molecule has 2 heterocycles. The van der Waals surface area contributed by atoms with E-state index in [4.69, 9.17) is 0 Å². The van der Waals surface area contributed by atoms with Crippen molar-refractivity contribution >= 4 is 36.6 Å². The minimum Gasteiger partial charge on any atom is -0.355 e. The van der Waals surface area contributed by atoms with Gasteiger partial charge in [0.15, 0.2) is 0 Å². The van der Waals surface area contributed by atoms with Crippen molar-refractivity contribution in [2.75, 3.05) is 40.5 Å². The lowest BCUT2D eigenvalue weighted by Gasteiger charge is -2.32. The number of imidazole rings is 1. The third kappa shape index (κ3) is 3.79. The lowest BCUT2D eigenvalue weighted by molar-refractivity contribution is 1.02. The van der Waals surface area contributed by atoms with Crippen molar-refractivity contribution in [1.29, 1.82) is 0 Å². The van der Waals surface area contributed by atoms with Crippen LogP contribution in [0.25, 0.3) is 11.0 Å². The van der Waals surface area contributed by atoms with E-state index in [2.05, 4.69) is 91.4 Å². The molecule has 0 atom stereocenters. The molecule has 1 aliphatic heterocycles. The zero-order valence-electron chi connectivity index (χ0n) is 16.2. The van der Waals surface area contributed by atoms with Crippen LogP contribution in [-0.4, -0.2) is 35.8 Å². The van der Waals surface area contributed by atoms with Crippen molar-refractivity contribution in [1.82, 2.24) is 9.97 Å². The van der Waals surface area contributed by atoms with E-state index in [9.17, 15) is 0 Å². The van der Waals surface area contributed by atoms with Gasteiger partial charge in [0.2, 0.25) is 5.95 Å². The summed E-state index contributed by atoms with van der Waals surface area (Å²) in [5.41, 5.74) is 4.68. The molecule has 0 spiro atoms. The van der Waals surface area contributed by atoms with E-state index in [1.54, 1.807) is 0 Å². The summed E-state index contributed by atoms with van der Waals surface area (Å²) in [6.45, 7) is 2.97. The summed E-state index contributed by atoms with van der Waals surface area (Å²) >= 11 is 0. The SMILES string of the molecule is c1ccc(N2CCN(c3ccccc3)P2CCNc2nc3ccccc3[nH]2)cc1. The first kappa shape index (κ1) is 18.0. The Kier molecular flexibility index (Phi) is 5.06. The highest BCUT2D eigenvalue weighted by molar-refractivity contribution is 7.61. The zero-order chi connectivity index (χ0) is 19.5. The Bertz CT molecular complexity index is 986. The highest BCUT2D eigenvalue weighted by Crippen LogP contribution is 2.52. The molecule has 0 radical (unpaired) electrons. The third-order valence-corrected chi connectivity index (χ3v) is 7.78. The van der Waals surface area contributed by atoms with Crippen molar-refractivity contribution in [3.8, 4) is 0 Å². The van der Waals surface area contributed by atoms with E-state index in [0.717, 1.165) is 42.8 Å². The molecule has 29 heavy (non-hydrogen) atoms. The molecule has 1 aromatic heterocycles. The van der Waals surface area contributed by atoms with Crippen molar-refractivity contribution in [3.05, 3.63) is 84.9 Å². The van der Waals surface area contributed by atoms with Gasteiger partial charge in [0, 0.05) is 37.2 Å². The summed E-state index contributed by atoms with van der Waals surface area (Å²) in [6, 6.07) is 29.7. The molecular weight excluding hydrogens is 377 g/mol. The average Bonchev–Trinajstić information content (AvgIpc) is 3.39. The first-order valence-electron chi connectivity index (χ1n) is 10.00. The standard InChI is InChI=1S/C23H24N5P/c1-3-9-19(10-4-1)27-16-17-28(20-11-5-2-6-12-20)29(27)18-15-24-23-25-21-13-7-8-14-22(21)26-23/h1-14H,15-18H2,(H2,24,25,26). The summed E-state index contributed by atoms with van der Waals surface area (Å²) in [7, 11) is -0.482. The minimum atomic E-state index is -0.482. The van der Waals surface area contributed by atoms with Crippen LogP contribution < -0.4 is 14.7 Å². The summed E-state index contributed by atoms with van der Waals surface area (Å²) < 4.78 is 5.14. The smallest absolute Gasteiger partial charge is 0.201 e. The normalized spacial score (nSPS) is 14.6. The highest BCUT2D eigenvalue weighted by Gasteiger charge is 2.32. The van der Waals surface area contributed by atoms with Crippen molar-refractivity contribution in [2.24, 2.45) is 0 Å².